The summed E-state index contributed by atoms with van der Waals surface area (Å²) in [4.78, 5) is 15.7. The molecule has 0 aromatic carbocycles. The first-order valence-corrected chi connectivity index (χ1v) is 12.9. The van der Waals surface area contributed by atoms with Crippen molar-refractivity contribution in [2.75, 3.05) is 43.1 Å². The van der Waals surface area contributed by atoms with Crippen LogP contribution in [0.1, 0.15) is 17.7 Å². The van der Waals surface area contributed by atoms with Gasteiger partial charge in [-0.15, -0.1) is 0 Å². The number of rotatable bonds is 6. The smallest absolute Gasteiger partial charge is 0.282 e. The van der Waals surface area contributed by atoms with Gasteiger partial charge in [0.25, 0.3) is 5.92 Å². The lowest BCUT2D eigenvalue weighted by atomic mass is 9.87. The van der Waals surface area contributed by atoms with Crippen molar-refractivity contribution >= 4 is 17.0 Å². The number of ether oxygens (including phenoxy) is 1. The molecule has 0 aliphatic carbocycles. The fraction of sp³-hybridized carbons (Fsp3) is 0.357. The van der Waals surface area contributed by atoms with E-state index in [9.17, 15) is 14.0 Å². The van der Waals surface area contributed by atoms with E-state index in [0.717, 1.165) is 48.0 Å². The number of hydrogen-bond acceptors (Lipinski definition) is 8. The second-order valence-electron chi connectivity index (χ2n) is 10.5. The van der Waals surface area contributed by atoms with E-state index in [-0.39, 0.29) is 13.1 Å². The van der Waals surface area contributed by atoms with Crippen LogP contribution in [0.2, 0.25) is 0 Å². The highest BCUT2D eigenvalue weighted by Gasteiger charge is 2.45. The van der Waals surface area contributed by atoms with Gasteiger partial charge in [0.15, 0.2) is 0 Å². The molecule has 2 unspecified atom stereocenters. The van der Waals surface area contributed by atoms with E-state index >= 15 is 0 Å². The van der Waals surface area contributed by atoms with E-state index in [4.69, 9.17) is 9.72 Å². The molecule has 4 aliphatic rings. The summed E-state index contributed by atoms with van der Waals surface area (Å²) in [6.45, 7) is 1.95. The lowest BCUT2D eigenvalue weighted by molar-refractivity contribution is -0.0263. The van der Waals surface area contributed by atoms with Crippen LogP contribution in [0.25, 0.3) is 16.6 Å². The largest absolute Gasteiger partial charge is 0.495 e. The van der Waals surface area contributed by atoms with E-state index in [1.807, 2.05) is 30.3 Å². The van der Waals surface area contributed by atoms with Gasteiger partial charge in [0.1, 0.15) is 17.6 Å². The zero-order valence-electron chi connectivity index (χ0n) is 21.3. The lowest BCUT2D eigenvalue weighted by Crippen LogP contribution is -2.68. The Labute approximate surface area is 223 Å². The number of pyridine rings is 3. The molecular weight excluding hydrogens is 502 g/mol. The predicted molar refractivity (Wildman–Crippen MR) is 141 cm³/mol. The average molecular weight is 529 g/mol. The van der Waals surface area contributed by atoms with Crippen molar-refractivity contribution in [2.24, 2.45) is 0 Å². The summed E-state index contributed by atoms with van der Waals surface area (Å²) in [5, 5.41) is 13.9. The van der Waals surface area contributed by atoms with Crippen LogP contribution < -0.4 is 14.5 Å². The van der Waals surface area contributed by atoms with Gasteiger partial charge >= 0.3 is 0 Å². The van der Waals surface area contributed by atoms with Crippen LogP contribution in [0.15, 0.2) is 55.1 Å². The van der Waals surface area contributed by atoms with Crippen LogP contribution in [0.3, 0.4) is 0 Å². The fourth-order valence-corrected chi connectivity index (χ4v) is 5.95. The fourth-order valence-electron chi connectivity index (χ4n) is 5.95. The summed E-state index contributed by atoms with van der Waals surface area (Å²) in [5.74, 6) is -1.02. The molecule has 4 fully saturated rings. The standard InChI is InChI=1S/C28H26F2N8O/c1-39-24-4-3-20(32-11-24)12-37-22-6-23(37)14-35(13-22)26-5-2-18(9-33-26)25-7-21(36-16-28(29,30)17-36)15-38-27(25)19(8-31)10-34-38/h2-5,7,9-11,15,22-23H,6,12-14,16-17H2,1H3. The molecule has 4 aromatic rings. The van der Waals surface area contributed by atoms with Crippen molar-refractivity contribution in [1.82, 2.24) is 24.5 Å². The van der Waals surface area contributed by atoms with Crippen molar-refractivity contribution in [1.29, 1.82) is 5.26 Å². The summed E-state index contributed by atoms with van der Waals surface area (Å²) in [7, 11) is 1.64. The van der Waals surface area contributed by atoms with E-state index in [1.54, 1.807) is 35.1 Å². The van der Waals surface area contributed by atoms with Gasteiger partial charge in [-0.1, -0.05) is 0 Å². The molecule has 2 bridgehead atoms. The third-order valence-corrected chi connectivity index (χ3v) is 8.03. The lowest BCUT2D eigenvalue weighted by Gasteiger charge is -2.56. The number of methoxy groups -OCH3 is 1. The molecule has 4 saturated heterocycles. The first-order valence-electron chi connectivity index (χ1n) is 12.9. The van der Waals surface area contributed by atoms with Crippen LogP contribution in [0, 0.1) is 11.3 Å². The average Bonchev–Trinajstić information content (AvgIpc) is 3.38. The van der Waals surface area contributed by atoms with Crippen molar-refractivity contribution in [2.45, 2.75) is 31.0 Å². The molecule has 0 N–H and O–H groups in total. The second-order valence-corrected chi connectivity index (χ2v) is 10.5. The van der Waals surface area contributed by atoms with Crippen LogP contribution in [-0.4, -0.2) is 75.8 Å². The Morgan fingerprint density at radius 3 is 2.51 bits per heavy atom. The van der Waals surface area contributed by atoms with E-state index < -0.39 is 5.92 Å². The monoisotopic (exact) mass is 528 g/mol. The summed E-state index contributed by atoms with van der Waals surface area (Å²) < 4.78 is 33.9. The second kappa shape index (κ2) is 8.88. The van der Waals surface area contributed by atoms with E-state index in [0.29, 0.717) is 28.9 Å². The molecule has 198 valence electrons. The Morgan fingerprint density at radius 2 is 1.87 bits per heavy atom. The van der Waals surface area contributed by atoms with Gasteiger partial charge in [0, 0.05) is 49.0 Å². The van der Waals surface area contributed by atoms with Crippen LogP contribution in [0.5, 0.6) is 5.75 Å². The van der Waals surface area contributed by atoms with Gasteiger partial charge in [0.2, 0.25) is 0 Å². The number of fused-ring (bicyclic) bond motifs is 3. The van der Waals surface area contributed by atoms with Crippen LogP contribution in [-0.2, 0) is 6.54 Å². The maximum Gasteiger partial charge on any atom is 0.282 e. The van der Waals surface area contributed by atoms with E-state index in [2.05, 4.69) is 26.0 Å². The highest BCUT2D eigenvalue weighted by Crippen LogP contribution is 2.38. The molecule has 0 amide bonds. The minimum absolute atomic E-state index is 0.329. The maximum atomic E-state index is 13.6. The Kier molecular flexibility index (Phi) is 5.42. The number of piperidine rings is 1. The molecule has 8 heterocycles. The number of halogens is 2. The number of piperazine rings is 1. The summed E-state index contributed by atoms with van der Waals surface area (Å²) in [6, 6.07) is 12.9. The number of nitrogens with zero attached hydrogens (tertiary/aromatic N) is 8. The molecule has 2 atom stereocenters. The quantitative estimate of drug-likeness (QED) is 0.376. The molecule has 8 rings (SSSR count). The molecule has 4 aromatic heterocycles. The van der Waals surface area contributed by atoms with Crippen molar-refractivity contribution in [3.05, 3.63) is 66.4 Å². The number of anilines is 2. The van der Waals surface area contributed by atoms with Crippen molar-refractivity contribution in [3.8, 4) is 22.9 Å². The summed E-state index contributed by atoms with van der Waals surface area (Å²) >= 11 is 0. The Morgan fingerprint density at radius 1 is 1.05 bits per heavy atom. The molecule has 9 nitrogen and oxygen atoms in total. The van der Waals surface area contributed by atoms with Gasteiger partial charge in [0.05, 0.1) is 61.3 Å². The molecule has 4 aliphatic heterocycles. The molecule has 0 spiro atoms. The highest BCUT2D eigenvalue weighted by atomic mass is 19.3. The first-order chi connectivity index (χ1) is 18.9. The van der Waals surface area contributed by atoms with Crippen LogP contribution in [0.4, 0.5) is 20.3 Å². The predicted octanol–water partition coefficient (Wildman–Crippen LogP) is 3.59. The van der Waals surface area contributed by atoms with Crippen molar-refractivity contribution < 1.29 is 13.5 Å². The minimum atomic E-state index is -2.68. The molecule has 11 heteroatoms. The van der Waals surface area contributed by atoms with Crippen LogP contribution >= 0.6 is 0 Å². The van der Waals surface area contributed by atoms with Gasteiger partial charge in [-0.25, -0.2) is 18.3 Å². The molecule has 0 saturated carbocycles. The third kappa shape index (κ3) is 4.12. The number of hydrogen-bond donors (Lipinski definition) is 0. The van der Waals surface area contributed by atoms with Gasteiger partial charge < -0.3 is 14.5 Å². The third-order valence-electron chi connectivity index (χ3n) is 8.03. The summed E-state index contributed by atoms with van der Waals surface area (Å²) in [5.41, 5.74) is 4.30. The maximum absolute atomic E-state index is 13.6. The first kappa shape index (κ1) is 23.8. The number of nitriles is 1. The van der Waals surface area contributed by atoms with E-state index in [1.165, 1.54) is 12.6 Å². The zero-order chi connectivity index (χ0) is 26.7. The molecule has 39 heavy (non-hydrogen) atoms. The Bertz CT molecular complexity index is 1560. The summed E-state index contributed by atoms with van der Waals surface area (Å²) in [6.07, 6.45) is 7.93. The SMILES string of the molecule is COc1ccc(CN2C3CC2CN(c2ccc(-c4cc(N5CC(F)(F)C5)cn5ncc(C#N)c45)cn2)C3)nc1. The topological polar surface area (TPSA) is 85.8 Å². The normalized spacial score (nSPS) is 21.8. The number of alkyl halides is 2. The Balaban J connectivity index is 1.10. The van der Waals surface area contributed by atoms with Gasteiger partial charge in [-0.2, -0.15) is 10.4 Å². The van der Waals surface area contributed by atoms with Gasteiger partial charge in [-0.3, -0.25) is 9.88 Å². The number of aromatic nitrogens is 4. The molecular formula is C28H26F2N8O. The molecule has 0 radical (unpaired) electrons. The van der Waals surface area contributed by atoms with Gasteiger partial charge in [-0.05, 0) is 36.8 Å². The Hall–Kier alpha value is -4.30. The van der Waals surface area contributed by atoms with Crippen molar-refractivity contribution in [3.63, 3.8) is 0 Å². The zero-order valence-corrected chi connectivity index (χ0v) is 21.3. The highest BCUT2D eigenvalue weighted by molar-refractivity contribution is 5.86. The minimum Gasteiger partial charge on any atom is -0.495 e.